The van der Waals surface area contributed by atoms with E-state index in [1.54, 1.807) is 0 Å². The first-order valence-electron chi connectivity index (χ1n) is 7.43. The number of benzene rings is 1. The van der Waals surface area contributed by atoms with E-state index in [1.165, 1.54) is 21.0 Å². The zero-order chi connectivity index (χ0) is 14.5. The van der Waals surface area contributed by atoms with Gasteiger partial charge in [0.2, 0.25) is 0 Å². The number of nitrogens with zero attached hydrogens (tertiary/aromatic N) is 1. The number of thiazole rings is 1. The SMILES string of the molecule is CCc1ccc(C(C)NC(C)c2ncc(CC)s2)cc1. The lowest BCUT2D eigenvalue weighted by Gasteiger charge is -2.19. The summed E-state index contributed by atoms with van der Waals surface area (Å²) in [6.07, 6.45) is 4.16. The number of aromatic nitrogens is 1. The Morgan fingerprint density at radius 3 is 2.30 bits per heavy atom. The van der Waals surface area contributed by atoms with Crippen molar-refractivity contribution in [2.75, 3.05) is 0 Å². The van der Waals surface area contributed by atoms with Crippen LogP contribution in [-0.2, 0) is 12.8 Å². The Balaban J connectivity index is 2.00. The van der Waals surface area contributed by atoms with E-state index < -0.39 is 0 Å². The van der Waals surface area contributed by atoms with Crippen LogP contribution in [0.15, 0.2) is 30.5 Å². The van der Waals surface area contributed by atoms with Gasteiger partial charge in [0.25, 0.3) is 0 Å². The molecule has 2 atom stereocenters. The summed E-state index contributed by atoms with van der Waals surface area (Å²) >= 11 is 1.81. The summed E-state index contributed by atoms with van der Waals surface area (Å²) in [6.45, 7) is 8.76. The number of hydrogen-bond donors (Lipinski definition) is 1. The molecule has 2 nitrogen and oxygen atoms in total. The maximum absolute atomic E-state index is 4.52. The molecule has 108 valence electrons. The Hall–Kier alpha value is -1.19. The van der Waals surface area contributed by atoms with Crippen molar-refractivity contribution >= 4 is 11.3 Å². The molecule has 0 spiro atoms. The highest BCUT2D eigenvalue weighted by Crippen LogP contribution is 2.23. The molecule has 1 aromatic heterocycles. The minimum atomic E-state index is 0.293. The summed E-state index contributed by atoms with van der Waals surface area (Å²) in [6, 6.07) is 9.52. The van der Waals surface area contributed by atoms with E-state index in [9.17, 15) is 0 Å². The van der Waals surface area contributed by atoms with Crippen LogP contribution in [0.25, 0.3) is 0 Å². The van der Waals surface area contributed by atoms with Gasteiger partial charge in [-0.15, -0.1) is 11.3 Å². The van der Waals surface area contributed by atoms with E-state index in [0.29, 0.717) is 12.1 Å². The predicted octanol–water partition coefficient (Wildman–Crippen LogP) is 4.68. The van der Waals surface area contributed by atoms with Gasteiger partial charge in [-0.1, -0.05) is 38.1 Å². The fraction of sp³-hybridized carbons (Fsp3) is 0.471. The number of rotatable bonds is 6. The largest absolute Gasteiger partial charge is 0.302 e. The van der Waals surface area contributed by atoms with Crippen LogP contribution in [0.2, 0.25) is 0 Å². The Labute approximate surface area is 126 Å². The highest BCUT2D eigenvalue weighted by molar-refractivity contribution is 7.11. The maximum atomic E-state index is 4.52. The molecule has 1 aromatic carbocycles. The maximum Gasteiger partial charge on any atom is 0.109 e. The van der Waals surface area contributed by atoms with Crippen molar-refractivity contribution in [2.45, 2.75) is 52.6 Å². The molecular formula is C17H24N2S. The number of hydrogen-bond acceptors (Lipinski definition) is 3. The van der Waals surface area contributed by atoms with Crippen LogP contribution in [0.1, 0.15) is 60.8 Å². The molecule has 0 bridgehead atoms. The van der Waals surface area contributed by atoms with Gasteiger partial charge in [-0.2, -0.15) is 0 Å². The van der Waals surface area contributed by atoms with Crippen LogP contribution in [0.3, 0.4) is 0 Å². The van der Waals surface area contributed by atoms with Gasteiger partial charge in [0.05, 0.1) is 6.04 Å². The fourth-order valence-electron chi connectivity index (χ4n) is 2.27. The molecule has 0 aliphatic rings. The van der Waals surface area contributed by atoms with Crippen molar-refractivity contribution in [3.8, 4) is 0 Å². The topological polar surface area (TPSA) is 24.9 Å². The lowest BCUT2D eigenvalue weighted by molar-refractivity contribution is 0.493. The zero-order valence-electron chi connectivity index (χ0n) is 12.8. The van der Waals surface area contributed by atoms with Gasteiger partial charge in [0.1, 0.15) is 5.01 Å². The van der Waals surface area contributed by atoms with Gasteiger partial charge in [0.15, 0.2) is 0 Å². The lowest BCUT2D eigenvalue weighted by atomic mass is 10.0. The number of nitrogens with one attached hydrogen (secondary N) is 1. The highest BCUT2D eigenvalue weighted by Gasteiger charge is 2.14. The molecular weight excluding hydrogens is 264 g/mol. The van der Waals surface area contributed by atoms with Crippen LogP contribution in [0.4, 0.5) is 0 Å². The van der Waals surface area contributed by atoms with Gasteiger partial charge in [-0.05, 0) is 37.8 Å². The molecule has 2 rings (SSSR count). The molecule has 3 heteroatoms. The van der Waals surface area contributed by atoms with E-state index in [2.05, 4.69) is 62.3 Å². The third-order valence-electron chi connectivity index (χ3n) is 3.68. The van der Waals surface area contributed by atoms with Crippen molar-refractivity contribution in [3.63, 3.8) is 0 Å². The Kier molecular flexibility index (Phi) is 5.32. The van der Waals surface area contributed by atoms with Crippen LogP contribution in [-0.4, -0.2) is 4.98 Å². The van der Waals surface area contributed by atoms with Crippen molar-refractivity contribution in [3.05, 3.63) is 51.5 Å². The second-order valence-corrected chi connectivity index (χ2v) is 6.37. The normalized spacial score (nSPS) is 14.2. The summed E-state index contributed by atoms with van der Waals surface area (Å²) in [7, 11) is 0. The Morgan fingerprint density at radius 1 is 1.05 bits per heavy atom. The number of aryl methyl sites for hydroxylation is 2. The molecule has 0 saturated heterocycles. The van der Waals surface area contributed by atoms with Gasteiger partial charge < -0.3 is 5.32 Å². The van der Waals surface area contributed by atoms with Gasteiger partial charge in [-0.25, -0.2) is 4.98 Å². The third kappa shape index (κ3) is 3.68. The van der Waals surface area contributed by atoms with E-state index in [1.807, 2.05) is 17.5 Å². The lowest BCUT2D eigenvalue weighted by Crippen LogP contribution is -2.22. The van der Waals surface area contributed by atoms with E-state index >= 15 is 0 Å². The predicted molar refractivity (Wildman–Crippen MR) is 87.3 cm³/mol. The summed E-state index contributed by atoms with van der Waals surface area (Å²) in [5.74, 6) is 0. The average Bonchev–Trinajstić information content (AvgIpc) is 2.96. The average molecular weight is 288 g/mol. The standard InChI is InChI=1S/C17H24N2S/c1-5-14-7-9-15(10-8-14)12(3)19-13(4)17-18-11-16(6-2)20-17/h7-13,19H,5-6H2,1-4H3. The summed E-state index contributed by atoms with van der Waals surface area (Å²) < 4.78 is 0. The molecule has 0 fully saturated rings. The van der Waals surface area contributed by atoms with Crippen LogP contribution in [0.5, 0.6) is 0 Å². The smallest absolute Gasteiger partial charge is 0.109 e. The molecule has 0 radical (unpaired) electrons. The molecule has 20 heavy (non-hydrogen) atoms. The van der Waals surface area contributed by atoms with Crippen LogP contribution >= 0.6 is 11.3 Å². The Bertz CT molecular complexity index is 530. The quantitative estimate of drug-likeness (QED) is 0.835. The first-order chi connectivity index (χ1) is 9.63. The third-order valence-corrected chi connectivity index (χ3v) is 5.00. The molecule has 1 N–H and O–H groups in total. The molecule has 0 saturated carbocycles. The van der Waals surface area contributed by atoms with E-state index in [-0.39, 0.29) is 0 Å². The monoisotopic (exact) mass is 288 g/mol. The zero-order valence-corrected chi connectivity index (χ0v) is 13.6. The summed E-state index contributed by atoms with van der Waals surface area (Å²) in [5, 5.41) is 4.81. The van der Waals surface area contributed by atoms with Crippen molar-refractivity contribution in [1.29, 1.82) is 0 Å². The second-order valence-electron chi connectivity index (χ2n) is 5.22. The van der Waals surface area contributed by atoms with Crippen LogP contribution < -0.4 is 5.32 Å². The first-order valence-corrected chi connectivity index (χ1v) is 8.25. The molecule has 2 aromatic rings. The molecule has 2 unspecified atom stereocenters. The minimum absolute atomic E-state index is 0.293. The summed E-state index contributed by atoms with van der Waals surface area (Å²) in [4.78, 5) is 5.87. The van der Waals surface area contributed by atoms with E-state index in [4.69, 9.17) is 0 Å². The van der Waals surface area contributed by atoms with E-state index in [0.717, 1.165) is 12.8 Å². The van der Waals surface area contributed by atoms with Crippen molar-refractivity contribution in [1.82, 2.24) is 10.3 Å². The highest BCUT2D eigenvalue weighted by atomic mass is 32.1. The van der Waals surface area contributed by atoms with Crippen molar-refractivity contribution < 1.29 is 0 Å². The van der Waals surface area contributed by atoms with Gasteiger partial charge in [-0.3, -0.25) is 0 Å². The minimum Gasteiger partial charge on any atom is -0.302 e. The fourth-order valence-corrected chi connectivity index (χ4v) is 3.14. The van der Waals surface area contributed by atoms with Gasteiger partial charge >= 0.3 is 0 Å². The molecule has 0 amide bonds. The molecule has 0 aliphatic heterocycles. The molecule has 0 aliphatic carbocycles. The van der Waals surface area contributed by atoms with Crippen LogP contribution in [0, 0.1) is 0 Å². The Morgan fingerprint density at radius 2 is 1.75 bits per heavy atom. The van der Waals surface area contributed by atoms with Gasteiger partial charge in [0, 0.05) is 17.1 Å². The second kappa shape index (κ2) is 7.00. The van der Waals surface area contributed by atoms with Crippen molar-refractivity contribution in [2.24, 2.45) is 0 Å². The molecule has 1 heterocycles. The first kappa shape index (κ1) is 15.2. The summed E-state index contributed by atoms with van der Waals surface area (Å²) in [5.41, 5.74) is 2.72.